The quantitative estimate of drug-likeness (QED) is 0.232. The van der Waals surface area contributed by atoms with E-state index in [4.69, 9.17) is 4.74 Å². The second kappa shape index (κ2) is 8.78. The Kier molecular flexibility index (Phi) is 6.06. The maximum atomic E-state index is 12.5. The van der Waals surface area contributed by atoms with E-state index in [0.717, 1.165) is 11.0 Å². The summed E-state index contributed by atoms with van der Waals surface area (Å²) in [6, 6.07) is 14.5. The van der Waals surface area contributed by atoms with E-state index in [1.54, 1.807) is 24.3 Å². The number of aromatic nitrogens is 2. The number of carbonyl (C=O) groups is 3. The van der Waals surface area contributed by atoms with Gasteiger partial charge in [0.2, 0.25) is 0 Å². The molecule has 0 saturated carbocycles. The number of hydrogen-bond donors (Lipinski definition) is 0. The molecule has 0 atom stereocenters. The Balaban J connectivity index is 1.42. The third kappa shape index (κ3) is 4.55. The van der Waals surface area contributed by atoms with E-state index in [-0.39, 0.29) is 24.3 Å². The lowest BCUT2D eigenvalue weighted by molar-refractivity contribution is -0.155. The van der Waals surface area contributed by atoms with Crippen molar-refractivity contribution in [3.8, 4) is 0 Å². The largest absolute Gasteiger partial charge is 0.459 e. The molecule has 166 valence electrons. The van der Waals surface area contributed by atoms with E-state index < -0.39 is 5.60 Å². The molecule has 0 unspecified atom stereocenters. The summed E-state index contributed by atoms with van der Waals surface area (Å²) in [7, 11) is 0. The highest BCUT2D eigenvalue weighted by Gasteiger charge is 2.34. The van der Waals surface area contributed by atoms with Crippen molar-refractivity contribution in [2.24, 2.45) is 0 Å². The van der Waals surface area contributed by atoms with Gasteiger partial charge in [-0.3, -0.25) is 19.3 Å². The molecule has 0 radical (unpaired) electrons. The average Bonchev–Trinajstić information content (AvgIpc) is 3.20. The highest BCUT2D eigenvalue weighted by Crippen LogP contribution is 2.26. The van der Waals surface area contributed by atoms with Gasteiger partial charge >= 0.3 is 5.97 Å². The molecule has 2 aromatic carbocycles. The third-order valence-electron chi connectivity index (χ3n) is 4.96. The summed E-state index contributed by atoms with van der Waals surface area (Å²) < 4.78 is 7.34. The second-order valence-corrected chi connectivity index (χ2v) is 9.63. The first-order valence-electron chi connectivity index (χ1n) is 10.5. The molecule has 8 heteroatoms. The first-order valence-corrected chi connectivity index (χ1v) is 11.5. The van der Waals surface area contributed by atoms with Gasteiger partial charge in [-0.2, -0.15) is 0 Å². The van der Waals surface area contributed by atoms with Crippen LogP contribution >= 0.6 is 11.8 Å². The highest BCUT2D eigenvalue weighted by molar-refractivity contribution is 7.99. The molecule has 4 rings (SSSR count). The number of nitrogens with zero attached hydrogens (tertiary/aromatic N) is 3. The van der Waals surface area contributed by atoms with Crippen LogP contribution in [-0.4, -0.2) is 50.1 Å². The minimum atomic E-state index is -0.562. The van der Waals surface area contributed by atoms with Gasteiger partial charge in [0, 0.05) is 12.3 Å². The van der Waals surface area contributed by atoms with Crippen LogP contribution in [0.25, 0.3) is 11.0 Å². The average molecular weight is 452 g/mol. The summed E-state index contributed by atoms with van der Waals surface area (Å²) in [5.41, 5.74) is 2.03. The number of esters is 1. The van der Waals surface area contributed by atoms with Gasteiger partial charge in [-0.15, -0.1) is 0 Å². The van der Waals surface area contributed by atoms with Gasteiger partial charge < -0.3 is 9.30 Å². The molecule has 7 nitrogen and oxygen atoms in total. The van der Waals surface area contributed by atoms with Gasteiger partial charge in [0.15, 0.2) is 5.16 Å². The molecule has 0 saturated heterocycles. The molecule has 0 spiro atoms. The molecular formula is C24H25N3O4S. The summed E-state index contributed by atoms with van der Waals surface area (Å²) in [6.45, 7) is 5.92. The molecule has 0 fully saturated rings. The number of amides is 2. The molecule has 0 bridgehead atoms. The van der Waals surface area contributed by atoms with Crippen molar-refractivity contribution in [3.63, 3.8) is 0 Å². The van der Waals surface area contributed by atoms with Crippen LogP contribution < -0.4 is 0 Å². The van der Waals surface area contributed by atoms with Crippen LogP contribution in [0.1, 0.15) is 47.9 Å². The van der Waals surface area contributed by atoms with Crippen LogP contribution in [0.2, 0.25) is 0 Å². The number of ether oxygens (including phenoxy) is 1. The third-order valence-corrected chi connectivity index (χ3v) is 6.02. The first kappa shape index (κ1) is 22.1. The molecule has 1 aliphatic heterocycles. The summed E-state index contributed by atoms with van der Waals surface area (Å²) in [5, 5.41) is 0.708. The molecule has 1 aromatic heterocycles. The van der Waals surface area contributed by atoms with Gasteiger partial charge in [0.1, 0.15) is 12.1 Å². The zero-order chi connectivity index (χ0) is 22.9. The van der Waals surface area contributed by atoms with Crippen molar-refractivity contribution in [2.45, 2.75) is 44.5 Å². The van der Waals surface area contributed by atoms with Crippen molar-refractivity contribution in [1.29, 1.82) is 0 Å². The van der Waals surface area contributed by atoms with Crippen molar-refractivity contribution in [2.75, 3.05) is 12.3 Å². The molecular weight excluding hydrogens is 426 g/mol. The van der Waals surface area contributed by atoms with E-state index in [9.17, 15) is 14.4 Å². The van der Waals surface area contributed by atoms with E-state index in [0.29, 0.717) is 35.0 Å². The Bertz CT molecular complexity index is 1160. The van der Waals surface area contributed by atoms with Crippen LogP contribution in [0.5, 0.6) is 0 Å². The number of imide groups is 1. The van der Waals surface area contributed by atoms with Crippen molar-refractivity contribution >= 4 is 40.6 Å². The van der Waals surface area contributed by atoms with Gasteiger partial charge in [-0.25, -0.2) is 4.98 Å². The fraction of sp³-hybridized carbons (Fsp3) is 0.333. The molecule has 32 heavy (non-hydrogen) atoms. The standard InChI is InChI=1S/C24H25N3O4S/c1-24(2,3)31-20(28)15-27-19-12-7-6-11-18(19)25-23(27)32-14-8-13-26-21(29)16-9-4-5-10-17(16)22(26)30/h4-7,9-12H,8,13-15H2,1-3H3. The van der Waals surface area contributed by atoms with Crippen molar-refractivity contribution < 1.29 is 19.1 Å². The minimum absolute atomic E-state index is 0.0680. The van der Waals surface area contributed by atoms with E-state index >= 15 is 0 Å². The van der Waals surface area contributed by atoms with Gasteiger partial charge in [-0.1, -0.05) is 36.0 Å². The number of thioether (sulfide) groups is 1. The Labute approximate surface area is 190 Å². The summed E-state index contributed by atoms with van der Waals surface area (Å²) in [4.78, 5) is 43.4. The number of para-hydroxylation sites is 2. The SMILES string of the molecule is CC(C)(C)OC(=O)Cn1c(SCCCN2C(=O)c3ccccc3C2=O)nc2ccccc21. The monoisotopic (exact) mass is 451 g/mol. The highest BCUT2D eigenvalue weighted by atomic mass is 32.2. The maximum Gasteiger partial charge on any atom is 0.326 e. The molecule has 2 amide bonds. The van der Waals surface area contributed by atoms with Gasteiger partial charge in [0.05, 0.1) is 22.2 Å². The molecule has 1 aliphatic rings. The van der Waals surface area contributed by atoms with E-state index in [2.05, 4.69) is 4.98 Å². The lowest BCUT2D eigenvalue weighted by Crippen LogP contribution is -2.31. The second-order valence-electron chi connectivity index (χ2n) is 8.57. The fourth-order valence-electron chi connectivity index (χ4n) is 3.65. The van der Waals surface area contributed by atoms with Crippen molar-refractivity contribution in [1.82, 2.24) is 14.5 Å². The zero-order valence-corrected chi connectivity index (χ0v) is 19.1. The predicted octanol–water partition coefficient (Wildman–Crippen LogP) is 4.16. The maximum absolute atomic E-state index is 12.5. The van der Waals surface area contributed by atoms with Crippen LogP contribution in [0.3, 0.4) is 0 Å². The van der Waals surface area contributed by atoms with Crippen LogP contribution in [0, 0.1) is 0 Å². The Morgan fingerprint density at radius 1 is 1.00 bits per heavy atom. The van der Waals surface area contributed by atoms with Gasteiger partial charge in [-0.05, 0) is 51.5 Å². The number of hydrogen-bond acceptors (Lipinski definition) is 6. The lowest BCUT2D eigenvalue weighted by Gasteiger charge is -2.20. The van der Waals surface area contributed by atoms with E-state index in [1.807, 2.05) is 49.6 Å². The topological polar surface area (TPSA) is 81.5 Å². The lowest BCUT2D eigenvalue weighted by atomic mass is 10.1. The predicted molar refractivity (Wildman–Crippen MR) is 123 cm³/mol. The Morgan fingerprint density at radius 3 is 2.28 bits per heavy atom. The van der Waals surface area contributed by atoms with E-state index in [1.165, 1.54) is 16.7 Å². The fourth-order valence-corrected chi connectivity index (χ4v) is 4.59. The summed E-state index contributed by atoms with van der Waals surface area (Å²) in [6.07, 6.45) is 0.617. The number of benzene rings is 2. The Hall–Kier alpha value is -3.13. The molecule has 0 aliphatic carbocycles. The van der Waals surface area contributed by atoms with Gasteiger partial charge in [0.25, 0.3) is 11.8 Å². The summed E-state index contributed by atoms with van der Waals surface area (Å²) in [5.74, 6) is -0.167. The molecule has 3 aromatic rings. The summed E-state index contributed by atoms with van der Waals surface area (Å²) >= 11 is 1.50. The smallest absolute Gasteiger partial charge is 0.326 e. The normalized spacial score (nSPS) is 13.7. The van der Waals surface area contributed by atoms with Crippen LogP contribution in [0.15, 0.2) is 53.7 Å². The van der Waals surface area contributed by atoms with Crippen LogP contribution in [-0.2, 0) is 16.1 Å². The molecule has 0 N–H and O–H groups in total. The number of carbonyl (C=O) groups excluding carboxylic acids is 3. The van der Waals surface area contributed by atoms with Crippen molar-refractivity contribution in [3.05, 3.63) is 59.7 Å². The number of rotatable bonds is 7. The zero-order valence-electron chi connectivity index (χ0n) is 18.3. The Morgan fingerprint density at radius 2 is 1.62 bits per heavy atom. The number of fused-ring (bicyclic) bond motifs is 2. The number of imidazole rings is 1. The van der Waals surface area contributed by atoms with Crippen LogP contribution in [0.4, 0.5) is 0 Å². The first-order chi connectivity index (χ1) is 15.2. The minimum Gasteiger partial charge on any atom is -0.459 e. The molecule has 2 heterocycles.